The minimum atomic E-state index is 0.577. The number of hydrogen-bond acceptors (Lipinski definition) is 1. The zero-order chi connectivity index (χ0) is 11.9. The van der Waals surface area contributed by atoms with Crippen LogP contribution in [0.2, 0.25) is 0 Å². The Balaban J connectivity index is 1.24. The SMILES string of the molecule is NC(CC1CC2CCC1C2)C1C2C3CCC(C3)C12. The fraction of sp³-hybridized carbons (Fsp3) is 1.00. The molecule has 100 valence electrons. The van der Waals surface area contributed by atoms with E-state index in [9.17, 15) is 0 Å². The van der Waals surface area contributed by atoms with Crippen LogP contribution in [0.15, 0.2) is 0 Å². The van der Waals surface area contributed by atoms with Crippen LogP contribution in [0.3, 0.4) is 0 Å². The Hall–Kier alpha value is -0.0400. The first-order valence-corrected chi connectivity index (χ1v) is 8.57. The first-order chi connectivity index (χ1) is 8.81. The van der Waals surface area contributed by atoms with Crippen LogP contribution in [0.5, 0.6) is 0 Å². The first kappa shape index (κ1) is 10.7. The number of rotatable bonds is 3. The van der Waals surface area contributed by atoms with Gasteiger partial charge in [-0.05, 0) is 92.3 Å². The van der Waals surface area contributed by atoms with Crippen molar-refractivity contribution in [2.24, 2.45) is 53.1 Å². The van der Waals surface area contributed by atoms with Gasteiger partial charge in [0, 0.05) is 6.04 Å². The second-order valence-electron chi connectivity index (χ2n) is 8.40. The van der Waals surface area contributed by atoms with Crippen LogP contribution in [0.1, 0.15) is 51.4 Å². The Morgan fingerprint density at radius 3 is 2.17 bits per heavy atom. The van der Waals surface area contributed by atoms with Crippen LogP contribution in [0.4, 0.5) is 0 Å². The van der Waals surface area contributed by atoms with Crippen molar-refractivity contribution in [2.45, 2.75) is 57.4 Å². The largest absolute Gasteiger partial charge is 0.327 e. The molecule has 0 heterocycles. The zero-order valence-electron chi connectivity index (χ0n) is 11.4. The van der Waals surface area contributed by atoms with Crippen LogP contribution in [0, 0.1) is 47.3 Å². The summed E-state index contributed by atoms with van der Waals surface area (Å²) in [5, 5.41) is 0. The molecule has 0 aliphatic heterocycles. The average molecular weight is 245 g/mol. The van der Waals surface area contributed by atoms with E-state index in [1.807, 2.05) is 0 Å². The summed E-state index contributed by atoms with van der Waals surface area (Å²) in [6.45, 7) is 0. The minimum absolute atomic E-state index is 0.577. The molecular weight excluding hydrogens is 218 g/mol. The Kier molecular flexibility index (Phi) is 2.10. The van der Waals surface area contributed by atoms with Crippen LogP contribution >= 0.6 is 0 Å². The third kappa shape index (κ3) is 1.32. The van der Waals surface area contributed by atoms with Crippen molar-refractivity contribution in [1.29, 1.82) is 0 Å². The van der Waals surface area contributed by atoms with Gasteiger partial charge in [-0.15, -0.1) is 0 Å². The molecule has 5 rings (SSSR count). The molecule has 8 atom stereocenters. The van der Waals surface area contributed by atoms with E-state index in [1.165, 1.54) is 25.7 Å². The molecule has 0 amide bonds. The van der Waals surface area contributed by atoms with E-state index in [0.717, 1.165) is 47.3 Å². The predicted molar refractivity (Wildman–Crippen MR) is 72.8 cm³/mol. The second kappa shape index (κ2) is 3.53. The van der Waals surface area contributed by atoms with E-state index in [0.29, 0.717) is 6.04 Å². The molecule has 1 nitrogen and oxygen atoms in total. The van der Waals surface area contributed by atoms with E-state index in [-0.39, 0.29) is 0 Å². The van der Waals surface area contributed by atoms with Gasteiger partial charge in [-0.3, -0.25) is 0 Å². The van der Waals surface area contributed by atoms with Crippen LogP contribution in [-0.4, -0.2) is 6.04 Å². The maximum absolute atomic E-state index is 6.63. The number of fused-ring (bicyclic) bond motifs is 7. The molecule has 4 bridgehead atoms. The van der Waals surface area contributed by atoms with Crippen LogP contribution < -0.4 is 5.73 Å². The third-order valence-corrected chi connectivity index (χ3v) is 7.75. The lowest BCUT2D eigenvalue weighted by Crippen LogP contribution is -2.30. The predicted octanol–water partition coefficient (Wildman–Crippen LogP) is 3.43. The van der Waals surface area contributed by atoms with Gasteiger partial charge in [0.1, 0.15) is 0 Å². The summed E-state index contributed by atoms with van der Waals surface area (Å²) in [7, 11) is 0. The number of hydrogen-bond donors (Lipinski definition) is 1. The second-order valence-corrected chi connectivity index (χ2v) is 8.40. The molecule has 5 aliphatic carbocycles. The van der Waals surface area contributed by atoms with Crippen molar-refractivity contribution < 1.29 is 0 Å². The van der Waals surface area contributed by atoms with Gasteiger partial charge in [0.2, 0.25) is 0 Å². The molecule has 8 unspecified atom stereocenters. The molecule has 2 N–H and O–H groups in total. The Morgan fingerprint density at radius 1 is 0.833 bits per heavy atom. The van der Waals surface area contributed by atoms with Gasteiger partial charge in [0.05, 0.1) is 0 Å². The van der Waals surface area contributed by atoms with Crippen LogP contribution in [0.25, 0.3) is 0 Å². The molecule has 0 aromatic rings. The van der Waals surface area contributed by atoms with Crippen molar-refractivity contribution in [2.75, 3.05) is 0 Å². The average Bonchev–Trinajstić information content (AvgIpc) is 2.85. The lowest BCUT2D eigenvalue weighted by atomic mass is 9.82. The molecule has 0 aromatic carbocycles. The number of nitrogens with two attached hydrogens (primary N) is 1. The van der Waals surface area contributed by atoms with Gasteiger partial charge in [0.25, 0.3) is 0 Å². The van der Waals surface area contributed by atoms with E-state index in [4.69, 9.17) is 5.73 Å². The van der Waals surface area contributed by atoms with E-state index in [2.05, 4.69) is 0 Å². The van der Waals surface area contributed by atoms with Gasteiger partial charge in [-0.1, -0.05) is 6.42 Å². The minimum Gasteiger partial charge on any atom is -0.327 e. The maximum atomic E-state index is 6.63. The van der Waals surface area contributed by atoms with Gasteiger partial charge >= 0.3 is 0 Å². The summed E-state index contributed by atoms with van der Waals surface area (Å²) in [6.07, 6.45) is 12.2. The molecule has 18 heavy (non-hydrogen) atoms. The van der Waals surface area contributed by atoms with Crippen LogP contribution in [-0.2, 0) is 0 Å². The lowest BCUT2D eigenvalue weighted by Gasteiger charge is -2.26. The molecule has 0 spiro atoms. The Morgan fingerprint density at radius 2 is 1.56 bits per heavy atom. The quantitative estimate of drug-likeness (QED) is 0.810. The van der Waals surface area contributed by atoms with Gasteiger partial charge in [-0.25, -0.2) is 0 Å². The van der Waals surface area contributed by atoms with Gasteiger partial charge in [0.15, 0.2) is 0 Å². The van der Waals surface area contributed by atoms with E-state index >= 15 is 0 Å². The zero-order valence-corrected chi connectivity index (χ0v) is 11.4. The summed E-state index contributed by atoms with van der Waals surface area (Å²) in [6, 6.07) is 0.577. The highest BCUT2D eigenvalue weighted by Crippen LogP contribution is 2.70. The highest BCUT2D eigenvalue weighted by Gasteiger charge is 2.66. The smallest absolute Gasteiger partial charge is 0.00756 e. The summed E-state index contributed by atoms with van der Waals surface area (Å²) in [5.74, 6) is 8.58. The molecule has 0 saturated heterocycles. The summed E-state index contributed by atoms with van der Waals surface area (Å²) < 4.78 is 0. The molecular formula is C17H27N. The monoisotopic (exact) mass is 245 g/mol. The summed E-state index contributed by atoms with van der Waals surface area (Å²) in [5.41, 5.74) is 6.63. The molecule has 1 heteroatoms. The Bertz CT molecular complexity index is 349. The highest BCUT2D eigenvalue weighted by atomic mass is 14.8. The van der Waals surface area contributed by atoms with Gasteiger partial charge in [-0.2, -0.15) is 0 Å². The lowest BCUT2D eigenvalue weighted by molar-refractivity contribution is 0.271. The molecule has 0 aromatic heterocycles. The molecule has 5 saturated carbocycles. The van der Waals surface area contributed by atoms with E-state index in [1.54, 1.807) is 25.7 Å². The van der Waals surface area contributed by atoms with E-state index < -0.39 is 0 Å². The van der Waals surface area contributed by atoms with Gasteiger partial charge < -0.3 is 5.73 Å². The van der Waals surface area contributed by atoms with Crippen molar-refractivity contribution in [3.63, 3.8) is 0 Å². The van der Waals surface area contributed by atoms with Crippen molar-refractivity contribution in [3.8, 4) is 0 Å². The maximum Gasteiger partial charge on any atom is 0.00756 e. The molecule has 5 aliphatic rings. The molecule has 0 radical (unpaired) electrons. The Labute approximate surface area is 111 Å². The third-order valence-electron chi connectivity index (χ3n) is 7.75. The standard InChI is InChI=1S/C17H27N/c18-14(8-13-6-9-1-2-10(13)5-9)17-15-11-3-4-12(7-11)16(15)17/h9-17H,1-8,18H2. The summed E-state index contributed by atoms with van der Waals surface area (Å²) in [4.78, 5) is 0. The first-order valence-electron chi connectivity index (χ1n) is 8.57. The fourth-order valence-corrected chi connectivity index (χ4v) is 7.14. The molecule has 5 fully saturated rings. The summed E-state index contributed by atoms with van der Waals surface area (Å²) >= 11 is 0. The normalized spacial score (nSPS) is 61.2. The van der Waals surface area contributed by atoms with Crippen molar-refractivity contribution >= 4 is 0 Å². The van der Waals surface area contributed by atoms with Crippen molar-refractivity contribution in [1.82, 2.24) is 0 Å². The topological polar surface area (TPSA) is 26.0 Å². The highest BCUT2D eigenvalue weighted by molar-refractivity contribution is 5.15. The van der Waals surface area contributed by atoms with Crippen molar-refractivity contribution in [3.05, 3.63) is 0 Å². The fourth-order valence-electron chi connectivity index (χ4n) is 7.14.